The van der Waals surface area contributed by atoms with Gasteiger partial charge in [-0.3, -0.25) is 0 Å². The fourth-order valence-corrected chi connectivity index (χ4v) is 3.29. The summed E-state index contributed by atoms with van der Waals surface area (Å²) in [5.74, 6) is 1.33. The van der Waals surface area contributed by atoms with Gasteiger partial charge in [-0.05, 0) is 47.2 Å². The lowest BCUT2D eigenvalue weighted by Gasteiger charge is -2.18. The van der Waals surface area contributed by atoms with E-state index < -0.39 is 0 Å². The first-order valence-corrected chi connectivity index (χ1v) is 8.88. The standard InChI is InChI=1S/C23H24O2/c1-14(2)19-13-24-20-9-7-15(10-18(19)20)21-11-16-6-8-17(23(3,4)5)12-22(16)25-21/h6-14H,1-5H3. The Kier molecular flexibility index (Phi) is 3.54. The third kappa shape index (κ3) is 2.76. The number of hydrogen-bond donors (Lipinski definition) is 0. The molecule has 25 heavy (non-hydrogen) atoms. The van der Waals surface area contributed by atoms with Crippen LogP contribution in [0.4, 0.5) is 0 Å². The molecule has 0 saturated carbocycles. The van der Waals surface area contributed by atoms with Gasteiger partial charge in [-0.25, -0.2) is 0 Å². The van der Waals surface area contributed by atoms with Crippen LogP contribution in [0, 0.1) is 0 Å². The van der Waals surface area contributed by atoms with Crippen molar-refractivity contribution < 1.29 is 8.83 Å². The predicted molar refractivity (Wildman–Crippen MR) is 104 cm³/mol. The number of rotatable bonds is 2. The van der Waals surface area contributed by atoms with Crippen LogP contribution in [0.15, 0.2) is 57.6 Å². The van der Waals surface area contributed by atoms with Crippen LogP contribution in [-0.2, 0) is 5.41 Å². The summed E-state index contributed by atoms with van der Waals surface area (Å²) in [5.41, 5.74) is 5.60. The molecule has 2 heteroatoms. The fraction of sp³-hybridized carbons (Fsp3) is 0.304. The van der Waals surface area contributed by atoms with Crippen molar-refractivity contribution in [2.24, 2.45) is 0 Å². The molecule has 128 valence electrons. The summed E-state index contributed by atoms with van der Waals surface area (Å²) in [6.07, 6.45) is 1.87. The Morgan fingerprint density at radius 2 is 1.68 bits per heavy atom. The summed E-state index contributed by atoms with van der Waals surface area (Å²) < 4.78 is 11.9. The average Bonchev–Trinajstić information content (AvgIpc) is 3.16. The molecule has 0 saturated heterocycles. The molecular weight excluding hydrogens is 308 g/mol. The minimum atomic E-state index is 0.114. The fourth-order valence-electron chi connectivity index (χ4n) is 3.29. The predicted octanol–water partition coefficient (Wildman–Crippen LogP) is 7.27. The normalized spacial score (nSPS) is 12.6. The molecule has 0 atom stereocenters. The Morgan fingerprint density at radius 3 is 2.40 bits per heavy atom. The van der Waals surface area contributed by atoms with E-state index in [1.54, 1.807) is 0 Å². The van der Waals surface area contributed by atoms with Gasteiger partial charge in [0, 0.05) is 21.9 Å². The SMILES string of the molecule is CC(C)c1coc2ccc(-c3cc4ccc(C(C)(C)C)cc4o3)cc12. The van der Waals surface area contributed by atoms with Gasteiger partial charge in [0.25, 0.3) is 0 Å². The zero-order chi connectivity index (χ0) is 17.8. The molecule has 2 nitrogen and oxygen atoms in total. The summed E-state index contributed by atoms with van der Waals surface area (Å²) in [5, 5.41) is 2.31. The van der Waals surface area contributed by atoms with Crippen molar-refractivity contribution in [3.8, 4) is 11.3 Å². The molecule has 0 aliphatic carbocycles. The third-order valence-electron chi connectivity index (χ3n) is 4.90. The maximum Gasteiger partial charge on any atom is 0.135 e. The second-order valence-electron chi connectivity index (χ2n) is 8.17. The Balaban J connectivity index is 1.83. The third-order valence-corrected chi connectivity index (χ3v) is 4.90. The van der Waals surface area contributed by atoms with Gasteiger partial charge in [0.2, 0.25) is 0 Å². The highest BCUT2D eigenvalue weighted by Gasteiger charge is 2.16. The van der Waals surface area contributed by atoms with Crippen LogP contribution < -0.4 is 0 Å². The lowest BCUT2D eigenvalue weighted by Crippen LogP contribution is -2.10. The van der Waals surface area contributed by atoms with E-state index in [9.17, 15) is 0 Å². The van der Waals surface area contributed by atoms with Gasteiger partial charge in [-0.15, -0.1) is 0 Å². The van der Waals surface area contributed by atoms with E-state index in [1.807, 2.05) is 12.3 Å². The number of furan rings is 2. The lowest BCUT2D eigenvalue weighted by atomic mass is 9.87. The monoisotopic (exact) mass is 332 g/mol. The summed E-state index contributed by atoms with van der Waals surface area (Å²) in [6, 6.07) is 14.9. The zero-order valence-electron chi connectivity index (χ0n) is 15.5. The van der Waals surface area contributed by atoms with Gasteiger partial charge in [-0.2, -0.15) is 0 Å². The Bertz CT molecular complexity index is 1050. The van der Waals surface area contributed by atoms with Crippen molar-refractivity contribution in [2.75, 3.05) is 0 Å². The molecule has 0 bridgehead atoms. The maximum absolute atomic E-state index is 6.19. The summed E-state index contributed by atoms with van der Waals surface area (Å²) >= 11 is 0. The molecule has 4 rings (SSSR count). The molecule has 4 aromatic rings. The first-order chi connectivity index (χ1) is 11.8. The molecule has 0 spiro atoms. The van der Waals surface area contributed by atoms with Crippen molar-refractivity contribution in [1.29, 1.82) is 0 Å². The van der Waals surface area contributed by atoms with E-state index in [-0.39, 0.29) is 5.41 Å². The number of fused-ring (bicyclic) bond motifs is 2. The smallest absolute Gasteiger partial charge is 0.135 e. The Labute approximate surface area is 148 Å². The van der Waals surface area contributed by atoms with Gasteiger partial charge in [-0.1, -0.05) is 46.8 Å². The van der Waals surface area contributed by atoms with Crippen LogP contribution in [0.3, 0.4) is 0 Å². The average molecular weight is 332 g/mol. The number of benzene rings is 2. The largest absolute Gasteiger partial charge is 0.464 e. The highest BCUT2D eigenvalue weighted by Crippen LogP contribution is 2.35. The van der Waals surface area contributed by atoms with Crippen molar-refractivity contribution in [3.63, 3.8) is 0 Å². The number of hydrogen-bond acceptors (Lipinski definition) is 2. The summed E-state index contributed by atoms with van der Waals surface area (Å²) in [4.78, 5) is 0. The van der Waals surface area contributed by atoms with Gasteiger partial charge < -0.3 is 8.83 Å². The second-order valence-corrected chi connectivity index (χ2v) is 8.17. The minimum absolute atomic E-state index is 0.114. The quantitative estimate of drug-likeness (QED) is 0.386. The second kappa shape index (κ2) is 5.52. The minimum Gasteiger partial charge on any atom is -0.464 e. The molecule has 0 amide bonds. The first-order valence-electron chi connectivity index (χ1n) is 8.88. The van der Waals surface area contributed by atoms with E-state index in [1.165, 1.54) is 16.5 Å². The molecule has 2 aromatic heterocycles. The Hall–Kier alpha value is -2.48. The van der Waals surface area contributed by atoms with E-state index >= 15 is 0 Å². The molecule has 0 unspecified atom stereocenters. The lowest BCUT2D eigenvalue weighted by molar-refractivity contribution is 0.585. The molecule has 0 N–H and O–H groups in total. The highest BCUT2D eigenvalue weighted by atomic mass is 16.3. The highest BCUT2D eigenvalue weighted by molar-refractivity contribution is 5.89. The van der Waals surface area contributed by atoms with E-state index in [4.69, 9.17) is 8.83 Å². The van der Waals surface area contributed by atoms with E-state index in [0.717, 1.165) is 27.9 Å². The molecule has 2 heterocycles. The van der Waals surface area contributed by atoms with Crippen molar-refractivity contribution in [3.05, 3.63) is 59.9 Å². The van der Waals surface area contributed by atoms with Crippen molar-refractivity contribution in [2.45, 2.75) is 46.0 Å². The molecule has 2 aromatic carbocycles. The molecule has 0 radical (unpaired) electrons. The zero-order valence-corrected chi connectivity index (χ0v) is 15.5. The van der Waals surface area contributed by atoms with Gasteiger partial charge >= 0.3 is 0 Å². The van der Waals surface area contributed by atoms with Crippen LogP contribution in [0.5, 0.6) is 0 Å². The van der Waals surface area contributed by atoms with E-state index in [2.05, 4.69) is 71.0 Å². The topological polar surface area (TPSA) is 26.3 Å². The molecule has 0 fully saturated rings. The van der Waals surface area contributed by atoms with Crippen LogP contribution >= 0.6 is 0 Å². The van der Waals surface area contributed by atoms with Crippen LogP contribution in [-0.4, -0.2) is 0 Å². The van der Waals surface area contributed by atoms with Crippen molar-refractivity contribution in [1.82, 2.24) is 0 Å². The van der Waals surface area contributed by atoms with Crippen LogP contribution in [0.25, 0.3) is 33.3 Å². The molecule has 0 aliphatic rings. The van der Waals surface area contributed by atoms with E-state index in [0.29, 0.717) is 5.92 Å². The molecular formula is C23H24O2. The maximum atomic E-state index is 6.19. The van der Waals surface area contributed by atoms with Gasteiger partial charge in [0.15, 0.2) is 0 Å². The van der Waals surface area contributed by atoms with Gasteiger partial charge in [0.1, 0.15) is 16.9 Å². The first kappa shape index (κ1) is 16.0. The Morgan fingerprint density at radius 1 is 0.880 bits per heavy atom. The summed E-state index contributed by atoms with van der Waals surface area (Å²) in [6.45, 7) is 11.0. The summed E-state index contributed by atoms with van der Waals surface area (Å²) in [7, 11) is 0. The van der Waals surface area contributed by atoms with Crippen LogP contribution in [0.2, 0.25) is 0 Å². The van der Waals surface area contributed by atoms with Crippen LogP contribution in [0.1, 0.15) is 51.7 Å². The molecule has 0 aliphatic heterocycles. The van der Waals surface area contributed by atoms with Crippen molar-refractivity contribution >= 4 is 21.9 Å². The van der Waals surface area contributed by atoms with Gasteiger partial charge in [0.05, 0.1) is 6.26 Å².